The molecule has 0 saturated carbocycles. The highest BCUT2D eigenvalue weighted by atomic mass is 31.2. The van der Waals surface area contributed by atoms with E-state index in [-0.39, 0.29) is 0 Å². The van der Waals surface area contributed by atoms with Crippen LogP contribution in [0.5, 0.6) is 11.5 Å². The standard InChI is InChI=1S/C16H19O4P/c1-2-3-14-18-21(17,19-15-10-6-4-7-11-15)20-16-12-8-5-9-13-16/h4-13H,2-3,14H2,1H3. The smallest absolute Gasteiger partial charge is 0.395 e. The van der Waals surface area contributed by atoms with Gasteiger partial charge in [0.15, 0.2) is 0 Å². The molecular weight excluding hydrogens is 287 g/mol. The summed E-state index contributed by atoms with van der Waals surface area (Å²) in [5.41, 5.74) is 0. The summed E-state index contributed by atoms with van der Waals surface area (Å²) in [6, 6.07) is 17.8. The van der Waals surface area contributed by atoms with Crippen LogP contribution in [0.1, 0.15) is 19.8 Å². The van der Waals surface area contributed by atoms with E-state index in [0.717, 1.165) is 12.8 Å². The molecule has 0 aliphatic carbocycles. The lowest BCUT2D eigenvalue weighted by Gasteiger charge is -2.18. The molecule has 112 valence electrons. The van der Waals surface area contributed by atoms with Gasteiger partial charge in [0.1, 0.15) is 11.5 Å². The fraction of sp³-hybridized carbons (Fsp3) is 0.250. The van der Waals surface area contributed by atoms with Crippen molar-refractivity contribution < 1.29 is 18.1 Å². The SMILES string of the molecule is CCCCOP(=O)(Oc1ccccc1)Oc1ccccc1. The number of phosphoric acid groups is 1. The van der Waals surface area contributed by atoms with Gasteiger partial charge in [-0.25, -0.2) is 4.57 Å². The highest BCUT2D eigenvalue weighted by Crippen LogP contribution is 2.49. The van der Waals surface area contributed by atoms with Crippen LogP contribution < -0.4 is 9.05 Å². The molecule has 0 spiro atoms. The van der Waals surface area contributed by atoms with Crippen LogP contribution in [0.15, 0.2) is 60.7 Å². The summed E-state index contributed by atoms with van der Waals surface area (Å²) < 4.78 is 29.1. The van der Waals surface area contributed by atoms with Crippen LogP contribution in [-0.2, 0) is 9.09 Å². The third kappa shape index (κ3) is 5.25. The van der Waals surface area contributed by atoms with Crippen LogP contribution >= 0.6 is 7.82 Å². The van der Waals surface area contributed by atoms with E-state index >= 15 is 0 Å². The van der Waals surface area contributed by atoms with Crippen LogP contribution in [0.25, 0.3) is 0 Å². The number of unbranched alkanes of at least 4 members (excludes halogenated alkanes) is 1. The molecule has 0 aliphatic heterocycles. The van der Waals surface area contributed by atoms with Crippen LogP contribution in [0.2, 0.25) is 0 Å². The van der Waals surface area contributed by atoms with Crippen molar-refractivity contribution in [1.82, 2.24) is 0 Å². The first-order chi connectivity index (χ1) is 10.2. The largest absolute Gasteiger partial charge is 0.587 e. The highest BCUT2D eigenvalue weighted by Gasteiger charge is 2.30. The summed E-state index contributed by atoms with van der Waals surface area (Å²) >= 11 is 0. The lowest BCUT2D eigenvalue weighted by atomic mass is 10.3. The van der Waals surface area contributed by atoms with Crippen molar-refractivity contribution in [3.63, 3.8) is 0 Å². The minimum absolute atomic E-state index is 0.327. The van der Waals surface area contributed by atoms with E-state index in [1.165, 1.54) is 0 Å². The van der Waals surface area contributed by atoms with E-state index in [4.69, 9.17) is 13.6 Å². The summed E-state index contributed by atoms with van der Waals surface area (Å²) in [5.74, 6) is 0.904. The van der Waals surface area contributed by atoms with Crippen LogP contribution in [-0.4, -0.2) is 6.61 Å². The Morgan fingerprint density at radius 2 is 1.33 bits per heavy atom. The zero-order chi connectivity index (χ0) is 15.0. The van der Waals surface area contributed by atoms with Gasteiger partial charge >= 0.3 is 7.82 Å². The first kappa shape index (κ1) is 15.6. The molecular formula is C16H19O4P. The Morgan fingerprint density at radius 1 is 0.857 bits per heavy atom. The minimum Gasteiger partial charge on any atom is -0.395 e. The van der Waals surface area contributed by atoms with E-state index in [0.29, 0.717) is 18.1 Å². The first-order valence-electron chi connectivity index (χ1n) is 6.96. The van der Waals surface area contributed by atoms with Crippen LogP contribution in [0.4, 0.5) is 0 Å². The Hall–Kier alpha value is -1.77. The topological polar surface area (TPSA) is 44.8 Å². The number of rotatable bonds is 8. The fourth-order valence-electron chi connectivity index (χ4n) is 1.61. The molecule has 4 nitrogen and oxygen atoms in total. The second-order valence-electron chi connectivity index (χ2n) is 4.44. The molecule has 0 saturated heterocycles. The Balaban J connectivity index is 2.11. The van der Waals surface area contributed by atoms with Gasteiger partial charge in [0.25, 0.3) is 0 Å². The molecule has 0 amide bonds. The molecule has 0 heterocycles. The Bertz CT molecular complexity index is 526. The predicted molar refractivity (Wildman–Crippen MR) is 82.6 cm³/mol. The van der Waals surface area contributed by atoms with Gasteiger partial charge in [-0.3, -0.25) is 4.52 Å². The summed E-state index contributed by atoms with van der Waals surface area (Å²) in [7, 11) is -3.69. The molecule has 0 fully saturated rings. The molecule has 0 atom stereocenters. The van der Waals surface area contributed by atoms with Gasteiger partial charge < -0.3 is 9.05 Å². The maximum atomic E-state index is 12.8. The average Bonchev–Trinajstić information content (AvgIpc) is 2.49. The Morgan fingerprint density at radius 3 is 1.76 bits per heavy atom. The second kappa shape index (κ2) is 7.87. The van der Waals surface area contributed by atoms with Gasteiger partial charge in [-0.2, -0.15) is 0 Å². The van der Waals surface area contributed by atoms with Crippen molar-refractivity contribution in [2.24, 2.45) is 0 Å². The lowest BCUT2D eigenvalue weighted by molar-refractivity contribution is 0.207. The molecule has 0 bridgehead atoms. The molecule has 5 heteroatoms. The van der Waals surface area contributed by atoms with Crippen molar-refractivity contribution in [3.8, 4) is 11.5 Å². The van der Waals surface area contributed by atoms with E-state index in [1.54, 1.807) is 48.5 Å². The maximum Gasteiger partial charge on any atom is 0.587 e. The quantitative estimate of drug-likeness (QED) is 0.504. The second-order valence-corrected chi connectivity index (χ2v) is 5.96. The van der Waals surface area contributed by atoms with E-state index in [1.807, 2.05) is 19.1 Å². The van der Waals surface area contributed by atoms with Gasteiger partial charge in [-0.1, -0.05) is 49.7 Å². The predicted octanol–water partition coefficient (Wildman–Crippen LogP) is 5.07. The molecule has 2 rings (SSSR count). The van der Waals surface area contributed by atoms with Gasteiger partial charge in [-0.15, -0.1) is 0 Å². The number of hydrogen-bond donors (Lipinski definition) is 0. The van der Waals surface area contributed by atoms with Crippen molar-refractivity contribution in [2.45, 2.75) is 19.8 Å². The third-order valence-electron chi connectivity index (χ3n) is 2.67. The average molecular weight is 306 g/mol. The zero-order valence-electron chi connectivity index (χ0n) is 12.0. The molecule has 0 aromatic heterocycles. The third-order valence-corrected chi connectivity index (χ3v) is 4.04. The molecule has 2 aromatic carbocycles. The first-order valence-corrected chi connectivity index (χ1v) is 8.42. The fourth-order valence-corrected chi connectivity index (χ4v) is 2.87. The van der Waals surface area contributed by atoms with Gasteiger partial charge in [0.2, 0.25) is 0 Å². The normalized spacial score (nSPS) is 11.1. The monoisotopic (exact) mass is 306 g/mol. The van der Waals surface area contributed by atoms with Crippen molar-refractivity contribution >= 4 is 7.82 Å². The molecule has 0 radical (unpaired) electrons. The Labute approximate surface area is 125 Å². The van der Waals surface area contributed by atoms with Gasteiger partial charge in [0, 0.05) is 0 Å². The summed E-state index contributed by atoms with van der Waals surface area (Å²) in [5, 5.41) is 0. The van der Waals surface area contributed by atoms with Crippen LogP contribution in [0.3, 0.4) is 0 Å². The van der Waals surface area contributed by atoms with Crippen molar-refractivity contribution in [3.05, 3.63) is 60.7 Å². The number of benzene rings is 2. The van der Waals surface area contributed by atoms with E-state index in [2.05, 4.69) is 0 Å². The Kier molecular flexibility index (Phi) is 5.85. The number of hydrogen-bond acceptors (Lipinski definition) is 4. The molecule has 0 aliphatic rings. The zero-order valence-corrected chi connectivity index (χ0v) is 12.9. The van der Waals surface area contributed by atoms with Gasteiger partial charge in [-0.05, 0) is 30.7 Å². The van der Waals surface area contributed by atoms with Gasteiger partial charge in [0.05, 0.1) is 6.61 Å². The summed E-state index contributed by atoms with van der Waals surface area (Å²) in [6.07, 6.45) is 1.73. The highest BCUT2D eigenvalue weighted by molar-refractivity contribution is 7.49. The van der Waals surface area contributed by atoms with Crippen LogP contribution in [0, 0.1) is 0 Å². The molecule has 0 unspecified atom stereocenters. The molecule has 2 aromatic rings. The number of phosphoric ester groups is 1. The summed E-state index contributed by atoms with van der Waals surface area (Å²) in [4.78, 5) is 0. The molecule has 0 N–H and O–H groups in total. The van der Waals surface area contributed by atoms with E-state index in [9.17, 15) is 4.57 Å². The van der Waals surface area contributed by atoms with Crippen molar-refractivity contribution in [2.75, 3.05) is 6.61 Å². The lowest BCUT2D eigenvalue weighted by Crippen LogP contribution is -2.06. The minimum atomic E-state index is -3.69. The van der Waals surface area contributed by atoms with Crippen molar-refractivity contribution in [1.29, 1.82) is 0 Å². The summed E-state index contributed by atoms with van der Waals surface area (Å²) in [6.45, 7) is 2.36. The number of para-hydroxylation sites is 2. The molecule has 21 heavy (non-hydrogen) atoms. The maximum absolute atomic E-state index is 12.8. The van der Waals surface area contributed by atoms with E-state index < -0.39 is 7.82 Å².